The van der Waals surface area contributed by atoms with Crippen LogP contribution in [0.15, 0.2) is 0 Å². The third kappa shape index (κ3) is 4.94. The molecule has 1 amide bonds. The maximum Gasteiger partial charge on any atom is 0.399 e. The van der Waals surface area contributed by atoms with Crippen LogP contribution in [-0.2, 0) is 4.79 Å². The predicted octanol–water partition coefficient (Wildman–Crippen LogP) is 1.18. The average Bonchev–Trinajstić information content (AvgIpc) is 2.74. The van der Waals surface area contributed by atoms with Crippen molar-refractivity contribution in [1.82, 2.24) is 4.90 Å². The van der Waals surface area contributed by atoms with Crippen LogP contribution in [0.4, 0.5) is 13.2 Å². The van der Waals surface area contributed by atoms with E-state index in [0.717, 1.165) is 25.7 Å². The molecule has 1 unspecified atom stereocenters. The van der Waals surface area contributed by atoms with Crippen molar-refractivity contribution in [3.05, 3.63) is 0 Å². The smallest absolute Gasteiger partial charge is 0.393 e. The van der Waals surface area contributed by atoms with Gasteiger partial charge in [0.05, 0.1) is 11.5 Å². The van der Waals surface area contributed by atoms with Crippen molar-refractivity contribution in [1.29, 1.82) is 0 Å². The summed E-state index contributed by atoms with van der Waals surface area (Å²) in [6, 6.07) is -0.0494. The highest BCUT2D eigenvalue weighted by Gasteiger charge is 2.43. The lowest BCUT2D eigenvalue weighted by molar-refractivity contribution is -0.161. The summed E-state index contributed by atoms with van der Waals surface area (Å²) in [7, 11) is 0. The summed E-state index contributed by atoms with van der Waals surface area (Å²) in [5.41, 5.74) is 10.3. The molecule has 0 heterocycles. The summed E-state index contributed by atoms with van der Waals surface area (Å²) >= 11 is 4.49. The van der Waals surface area contributed by atoms with Crippen LogP contribution < -0.4 is 11.5 Å². The molecule has 0 aromatic rings. The van der Waals surface area contributed by atoms with Crippen LogP contribution in [0.2, 0.25) is 0 Å². The fraction of sp³-hybridized carbons (Fsp3) is 0.818. The minimum Gasteiger partial charge on any atom is -0.393 e. The molecule has 0 saturated heterocycles. The number of primary amides is 1. The van der Waals surface area contributed by atoms with Gasteiger partial charge in [-0.3, -0.25) is 9.69 Å². The Labute approximate surface area is 115 Å². The lowest BCUT2D eigenvalue weighted by Crippen LogP contribution is -2.48. The summed E-state index contributed by atoms with van der Waals surface area (Å²) in [6.45, 7) is -0.591. The van der Waals surface area contributed by atoms with Crippen LogP contribution in [0.5, 0.6) is 0 Å². The fourth-order valence-electron chi connectivity index (χ4n) is 2.40. The number of thiocarbonyl (C=S) groups is 1. The van der Waals surface area contributed by atoms with Crippen molar-refractivity contribution >= 4 is 23.1 Å². The summed E-state index contributed by atoms with van der Waals surface area (Å²) in [5.74, 6) is -2.54. The van der Waals surface area contributed by atoms with E-state index in [9.17, 15) is 18.0 Å². The molecular formula is C11H18F3N3OS. The Hall–Kier alpha value is -0.890. The van der Waals surface area contributed by atoms with E-state index in [-0.39, 0.29) is 12.6 Å². The third-order valence-electron chi connectivity index (χ3n) is 3.36. The maximum atomic E-state index is 12.8. The summed E-state index contributed by atoms with van der Waals surface area (Å²) < 4.78 is 38.5. The number of alkyl halides is 3. The molecule has 1 atom stereocenters. The minimum absolute atomic E-state index is 0.0494. The Kier molecular flexibility index (Phi) is 5.54. The molecule has 0 radical (unpaired) electrons. The van der Waals surface area contributed by atoms with Gasteiger partial charge in [0, 0.05) is 12.6 Å². The molecule has 0 bridgehead atoms. The molecule has 1 aliphatic rings. The molecule has 1 saturated carbocycles. The van der Waals surface area contributed by atoms with Gasteiger partial charge in [0.25, 0.3) is 0 Å². The van der Waals surface area contributed by atoms with Gasteiger partial charge >= 0.3 is 6.18 Å². The van der Waals surface area contributed by atoms with Crippen molar-refractivity contribution < 1.29 is 18.0 Å². The second-order valence-corrected chi connectivity index (χ2v) is 5.30. The molecule has 1 fully saturated rings. The fourth-order valence-corrected chi connectivity index (χ4v) is 2.61. The number of hydrogen-bond acceptors (Lipinski definition) is 3. The van der Waals surface area contributed by atoms with E-state index < -0.39 is 29.5 Å². The molecule has 0 spiro atoms. The van der Waals surface area contributed by atoms with E-state index >= 15 is 0 Å². The van der Waals surface area contributed by atoms with E-state index in [1.54, 1.807) is 0 Å². The van der Waals surface area contributed by atoms with Crippen molar-refractivity contribution in [2.75, 3.05) is 13.1 Å². The van der Waals surface area contributed by atoms with E-state index in [2.05, 4.69) is 12.2 Å². The van der Waals surface area contributed by atoms with E-state index in [0.29, 0.717) is 0 Å². The number of rotatable bonds is 6. The average molecular weight is 297 g/mol. The zero-order valence-corrected chi connectivity index (χ0v) is 11.3. The first-order valence-electron chi connectivity index (χ1n) is 6.10. The Morgan fingerprint density at radius 3 is 2.21 bits per heavy atom. The lowest BCUT2D eigenvalue weighted by Gasteiger charge is -2.31. The van der Waals surface area contributed by atoms with Crippen LogP contribution in [0, 0.1) is 5.92 Å². The Morgan fingerprint density at radius 1 is 1.32 bits per heavy atom. The highest BCUT2D eigenvalue weighted by molar-refractivity contribution is 7.80. The number of nitrogens with two attached hydrogens (primary N) is 2. The first-order chi connectivity index (χ1) is 8.71. The first kappa shape index (κ1) is 16.2. The molecule has 8 heteroatoms. The summed E-state index contributed by atoms with van der Waals surface area (Å²) in [6.07, 6.45) is -1.06. The maximum absolute atomic E-state index is 12.8. The van der Waals surface area contributed by atoms with Gasteiger partial charge in [-0.15, -0.1) is 0 Å². The van der Waals surface area contributed by atoms with E-state index in [1.807, 2.05) is 0 Å². The lowest BCUT2D eigenvalue weighted by atomic mass is 10.1. The molecule has 4 N–H and O–H groups in total. The minimum atomic E-state index is -4.50. The number of halogens is 3. The summed E-state index contributed by atoms with van der Waals surface area (Å²) in [4.78, 5) is 11.9. The van der Waals surface area contributed by atoms with Gasteiger partial charge in [-0.1, -0.05) is 25.1 Å². The number of carbonyl (C=O) groups is 1. The first-order valence-corrected chi connectivity index (χ1v) is 6.51. The van der Waals surface area contributed by atoms with Crippen LogP contribution in [0.25, 0.3) is 0 Å². The Balaban J connectivity index is 2.79. The SMILES string of the molecule is NC(=O)CN(CC(C(N)=S)C(F)(F)F)C1CCCC1. The molecule has 110 valence electrons. The number of hydrogen-bond donors (Lipinski definition) is 2. The van der Waals surface area contributed by atoms with Gasteiger partial charge in [-0.05, 0) is 12.8 Å². The molecular weight excluding hydrogens is 279 g/mol. The normalized spacial score (nSPS) is 18.7. The molecule has 1 rings (SSSR count). The Bertz CT molecular complexity index is 343. The molecule has 0 aromatic carbocycles. The van der Waals surface area contributed by atoms with Gasteiger partial charge in [-0.2, -0.15) is 13.2 Å². The molecule has 4 nitrogen and oxygen atoms in total. The summed E-state index contributed by atoms with van der Waals surface area (Å²) in [5, 5.41) is 0. The molecule has 19 heavy (non-hydrogen) atoms. The standard InChI is InChI=1S/C11H18F3N3OS/c12-11(13,14)8(10(16)19)5-17(6-9(15)18)7-3-1-2-4-7/h7-8H,1-6H2,(H2,15,18)(H2,16,19). The molecule has 0 aromatic heterocycles. The number of amides is 1. The van der Waals surface area contributed by atoms with Gasteiger partial charge in [-0.25, -0.2) is 0 Å². The molecule has 0 aliphatic heterocycles. The number of nitrogens with zero attached hydrogens (tertiary/aromatic N) is 1. The van der Waals surface area contributed by atoms with Crippen LogP contribution in [0.3, 0.4) is 0 Å². The van der Waals surface area contributed by atoms with Crippen molar-refractivity contribution in [3.63, 3.8) is 0 Å². The number of carbonyl (C=O) groups excluding carboxylic acids is 1. The zero-order chi connectivity index (χ0) is 14.6. The predicted molar refractivity (Wildman–Crippen MR) is 69.4 cm³/mol. The van der Waals surface area contributed by atoms with Crippen molar-refractivity contribution in [3.8, 4) is 0 Å². The van der Waals surface area contributed by atoms with Crippen LogP contribution in [-0.4, -0.2) is 41.1 Å². The largest absolute Gasteiger partial charge is 0.399 e. The van der Waals surface area contributed by atoms with Crippen LogP contribution in [0.1, 0.15) is 25.7 Å². The van der Waals surface area contributed by atoms with Crippen LogP contribution >= 0.6 is 12.2 Å². The van der Waals surface area contributed by atoms with E-state index in [1.165, 1.54) is 4.90 Å². The van der Waals surface area contributed by atoms with Gasteiger partial charge in [0.15, 0.2) is 0 Å². The van der Waals surface area contributed by atoms with Gasteiger partial charge in [0.1, 0.15) is 5.92 Å². The van der Waals surface area contributed by atoms with Gasteiger partial charge < -0.3 is 11.5 Å². The highest BCUT2D eigenvalue weighted by Crippen LogP contribution is 2.30. The third-order valence-corrected chi connectivity index (χ3v) is 3.64. The quantitative estimate of drug-likeness (QED) is 0.722. The van der Waals surface area contributed by atoms with Crippen molar-refractivity contribution in [2.24, 2.45) is 17.4 Å². The second-order valence-electron chi connectivity index (χ2n) is 4.83. The molecule has 1 aliphatic carbocycles. The highest BCUT2D eigenvalue weighted by atomic mass is 32.1. The second kappa shape index (κ2) is 6.51. The van der Waals surface area contributed by atoms with E-state index in [4.69, 9.17) is 11.5 Å². The van der Waals surface area contributed by atoms with Crippen molar-refractivity contribution in [2.45, 2.75) is 37.9 Å². The zero-order valence-electron chi connectivity index (χ0n) is 10.4. The van der Waals surface area contributed by atoms with Gasteiger partial charge in [0.2, 0.25) is 5.91 Å². The monoisotopic (exact) mass is 297 g/mol. The Morgan fingerprint density at radius 2 is 1.84 bits per heavy atom. The topological polar surface area (TPSA) is 72.4 Å².